The van der Waals surface area contributed by atoms with Gasteiger partial charge in [-0.25, -0.2) is 4.39 Å². The summed E-state index contributed by atoms with van der Waals surface area (Å²) < 4.78 is 13.3. The number of carbonyl (C=O) groups excluding carboxylic acids is 2. The summed E-state index contributed by atoms with van der Waals surface area (Å²) in [5.74, 6) is -1.22. The highest BCUT2D eigenvalue weighted by atomic mass is 32.1. The number of thiophene rings is 1. The third-order valence-corrected chi connectivity index (χ3v) is 5.01. The van der Waals surface area contributed by atoms with Crippen molar-refractivity contribution < 1.29 is 14.0 Å². The molecule has 0 saturated heterocycles. The maximum Gasteiger partial charge on any atom is 0.264 e. The Balaban J connectivity index is 2.36. The minimum absolute atomic E-state index is 0.145. The van der Waals surface area contributed by atoms with Gasteiger partial charge in [-0.15, -0.1) is 11.3 Å². The Morgan fingerprint density at radius 1 is 1.32 bits per heavy atom. The zero-order chi connectivity index (χ0) is 18.6. The molecule has 0 aliphatic heterocycles. The number of nitrogens with zero attached hydrogens (tertiary/aromatic N) is 2. The average molecular weight is 359 g/mol. The van der Waals surface area contributed by atoms with Crippen molar-refractivity contribution in [3.63, 3.8) is 0 Å². The van der Waals surface area contributed by atoms with Gasteiger partial charge in [0, 0.05) is 18.7 Å². The van der Waals surface area contributed by atoms with Crippen molar-refractivity contribution in [1.82, 2.24) is 4.90 Å². The fourth-order valence-electron chi connectivity index (χ4n) is 2.40. The first-order valence-electron chi connectivity index (χ1n) is 7.82. The number of nitriles is 1. The smallest absolute Gasteiger partial charge is 0.264 e. The second kappa shape index (κ2) is 7.90. The zero-order valence-electron chi connectivity index (χ0n) is 14.2. The average Bonchev–Trinajstić information content (AvgIpc) is 2.91. The monoisotopic (exact) mass is 359 g/mol. The molecule has 0 bridgehead atoms. The van der Waals surface area contributed by atoms with E-state index in [0.29, 0.717) is 28.5 Å². The number of halogens is 1. The van der Waals surface area contributed by atoms with E-state index >= 15 is 0 Å². The van der Waals surface area contributed by atoms with E-state index in [2.05, 4.69) is 5.32 Å². The van der Waals surface area contributed by atoms with Crippen LogP contribution in [0.1, 0.15) is 45.0 Å². The summed E-state index contributed by atoms with van der Waals surface area (Å²) in [5.41, 5.74) is 0.941. The summed E-state index contributed by atoms with van der Waals surface area (Å²) >= 11 is 1.07. The predicted octanol–water partition coefficient (Wildman–Crippen LogP) is 3.80. The molecule has 0 saturated carbocycles. The van der Waals surface area contributed by atoms with E-state index in [1.807, 2.05) is 19.9 Å². The lowest BCUT2D eigenvalue weighted by Gasteiger charge is -2.17. The van der Waals surface area contributed by atoms with E-state index in [9.17, 15) is 19.2 Å². The second-order valence-corrected chi connectivity index (χ2v) is 6.33. The summed E-state index contributed by atoms with van der Waals surface area (Å²) in [6.07, 6.45) is 0. The fourth-order valence-corrected chi connectivity index (χ4v) is 3.52. The molecular weight excluding hydrogens is 341 g/mol. The third-order valence-electron chi connectivity index (χ3n) is 3.82. The van der Waals surface area contributed by atoms with Crippen LogP contribution in [0.2, 0.25) is 0 Å². The van der Waals surface area contributed by atoms with Gasteiger partial charge in [-0.05, 0) is 44.5 Å². The number of hydrogen-bond acceptors (Lipinski definition) is 4. The quantitative estimate of drug-likeness (QED) is 0.882. The van der Waals surface area contributed by atoms with Crippen LogP contribution in [0.25, 0.3) is 0 Å². The molecule has 5 nitrogen and oxygen atoms in total. The number of nitrogens with one attached hydrogen (secondary N) is 1. The molecule has 7 heteroatoms. The first kappa shape index (κ1) is 18.6. The molecular formula is C18H18FN3O2S. The SMILES string of the molecule is CCN(CC)C(=O)c1sc(NC(=O)c2cccc(F)c2)c(C#N)c1C. The summed E-state index contributed by atoms with van der Waals surface area (Å²) in [4.78, 5) is 26.9. The van der Waals surface area contributed by atoms with Crippen LogP contribution in [0.3, 0.4) is 0 Å². The molecule has 0 atom stereocenters. The Hall–Kier alpha value is -2.72. The van der Waals surface area contributed by atoms with Crippen molar-refractivity contribution in [3.8, 4) is 6.07 Å². The molecule has 0 unspecified atom stereocenters. The van der Waals surface area contributed by atoms with Crippen LogP contribution in [0.15, 0.2) is 24.3 Å². The van der Waals surface area contributed by atoms with Crippen LogP contribution < -0.4 is 5.32 Å². The number of amides is 2. The van der Waals surface area contributed by atoms with Crippen molar-refractivity contribution in [2.45, 2.75) is 20.8 Å². The minimum atomic E-state index is -0.529. The number of rotatable bonds is 5. The molecule has 1 N–H and O–H groups in total. The number of hydrogen-bond donors (Lipinski definition) is 1. The van der Waals surface area contributed by atoms with Gasteiger partial charge in [0.2, 0.25) is 0 Å². The standard InChI is InChI=1S/C18H18FN3O2S/c1-4-22(5-2)18(24)15-11(3)14(10-20)17(25-15)21-16(23)12-7-6-8-13(19)9-12/h6-9H,4-5H2,1-3H3,(H,21,23). The summed E-state index contributed by atoms with van der Waals surface area (Å²) in [6.45, 7) is 6.55. The molecule has 1 aromatic heterocycles. The van der Waals surface area contributed by atoms with Crippen LogP contribution in [-0.4, -0.2) is 29.8 Å². The Bertz CT molecular complexity index is 850. The summed E-state index contributed by atoms with van der Waals surface area (Å²) in [5, 5.41) is 12.3. The normalized spacial score (nSPS) is 10.2. The van der Waals surface area contributed by atoms with Crippen LogP contribution >= 0.6 is 11.3 Å². The Morgan fingerprint density at radius 2 is 2.00 bits per heavy atom. The predicted molar refractivity (Wildman–Crippen MR) is 95.4 cm³/mol. The van der Waals surface area contributed by atoms with Crippen LogP contribution in [0.5, 0.6) is 0 Å². The fraction of sp³-hybridized carbons (Fsp3) is 0.278. The van der Waals surface area contributed by atoms with E-state index < -0.39 is 11.7 Å². The molecule has 2 amide bonds. The van der Waals surface area contributed by atoms with Gasteiger partial charge in [0.25, 0.3) is 11.8 Å². The zero-order valence-corrected chi connectivity index (χ0v) is 15.0. The van der Waals surface area contributed by atoms with Gasteiger partial charge in [-0.3, -0.25) is 9.59 Å². The second-order valence-electron chi connectivity index (χ2n) is 5.31. The van der Waals surface area contributed by atoms with Crippen molar-refractivity contribution in [2.75, 3.05) is 18.4 Å². The molecule has 0 aliphatic rings. The van der Waals surface area contributed by atoms with Crippen LogP contribution in [0, 0.1) is 24.1 Å². The number of carbonyl (C=O) groups is 2. The van der Waals surface area contributed by atoms with E-state index in [-0.39, 0.29) is 17.0 Å². The van der Waals surface area contributed by atoms with E-state index in [1.54, 1.807) is 11.8 Å². The van der Waals surface area contributed by atoms with Gasteiger partial charge in [-0.2, -0.15) is 5.26 Å². The highest BCUT2D eigenvalue weighted by Crippen LogP contribution is 2.33. The number of anilines is 1. The number of benzene rings is 1. The molecule has 0 aliphatic carbocycles. The topological polar surface area (TPSA) is 73.2 Å². The van der Waals surface area contributed by atoms with E-state index in [4.69, 9.17) is 0 Å². The molecule has 2 aromatic rings. The molecule has 130 valence electrons. The largest absolute Gasteiger partial charge is 0.338 e. The van der Waals surface area contributed by atoms with Crippen LogP contribution in [0.4, 0.5) is 9.39 Å². The summed E-state index contributed by atoms with van der Waals surface area (Å²) in [7, 11) is 0. The molecule has 0 spiro atoms. The highest BCUT2D eigenvalue weighted by molar-refractivity contribution is 7.18. The maximum absolute atomic E-state index is 13.3. The van der Waals surface area contributed by atoms with Gasteiger partial charge >= 0.3 is 0 Å². The van der Waals surface area contributed by atoms with Gasteiger partial charge in [-0.1, -0.05) is 6.07 Å². The third kappa shape index (κ3) is 3.86. The van der Waals surface area contributed by atoms with Gasteiger partial charge in [0.15, 0.2) is 0 Å². The molecule has 1 heterocycles. The minimum Gasteiger partial charge on any atom is -0.338 e. The van der Waals surface area contributed by atoms with Gasteiger partial charge < -0.3 is 10.2 Å². The summed E-state index contributed by atoms with van der Waals surface area (Å²) in [6, 6.07) is 7.31. The van der Waals surface area contributed by atoms with E-state index in [0.717, 1.165) is 17.4 Å². The lowest BCUT2D eigenvalue weighted by molar-refractivity contribution is 0.0777. The molecule has 1 aromatic carbocycles. The van der Waals surface area contributed by atoms with Crippen LogP contribution in [-0.2, 0) is 0 Å². The Kier molecular flexibility index (Phi) is 5.88. The Labute approximate surface area is 149 Å². The van der Waals surface area contributed by atoms with Crippen molar-refractivity contribution in [3.05, 3.63) is 51.7 Å². The molecule has 0 fully saturated rings. The molecule has 25 heavy (non-hydrogen) atoms. The van der Waals surface area contributed by atoms with Gasteiger partial charge in [0.1, 0.15) is 16.9 Å². The molecule has 2 rings (SSSR count). The molecule has 0 radical (unpaired) electrons. The van der Waals surface area contributed by atoms with Crippen molar-refractivity contribution in [1.29, 1.82) is 5.26 Å². The van der Waals surface area contributed by atoms with Gasteiger partial charge in [0.05, 0.1) is 10.4 Å². The van der Waals surface area contributed by atoms with Crippen molar-refractivity contribution >= 4 is 28.2 Å². The van der Waals surface area contributed by atoms with Crippen molar-refractivity contribution in [2.24, 2.45) is 0 Å². The first-order valence-corrected chi connectivity index (χ1v) is 8.64. The van der Waals surface area contributed by atoms with E-state index in [1.165, 1.54) is 18.2 Å². The Morgan fingerprint density at radius 3 is 2.56 bits per heavy atom. The highest BCUT2D eigenvalue weighted by Gasteiger charge is 2.24. The lowest BCUT2D eigenvalue weighted by Crippen LogP contribution is -2.30. The lowest BCUT2D eigenvalue weighted by atomic mass is 10.1. The maximum atomic E-state index is 13.3. The first-order chi connectivity index (χ1) is 11.9.